The van der Waals surface area contributed by atoms with Gasteiger partial charge in [0.1, 0.15) is 0 Å². The summed E-state index contributed by atoms with van der Waals surface area (Å²) in [5.41, 5.74) is 0.428. The highest BCUT2D eigenvalue weighted by atomic mass is 19.3. The minimum absolute atomic E-state index is 0.0543. The van der Waals surface area contributed by atoms with E-state index in [1.54, 1.807) is 0 Å². The lowest BCUT2D eigenvalue weighted by Gasteiger charge is -2.35. The Bertz CT molecular complexity index is 268. The third-order valence-electron chi connectivity index (χ3n) is 3.91. The lowest BCUT2D eigenvalue weighted by molar-refractivity contribution is 0.136. The van der Waals surface area contributed by atoms with Crippen LogP contribution in [-0.4, -0.2) is 23.5 Å². The Morgan fingerprint density at radius 3 is 2.64 bits per heavy atom. The molecule has 0 N–H and O–H groups in total. The first-order valence-corrected chi connectivity index (χ1v) is 5.34. The molecule has 80 valence electrons. The molecule has 0 amide bonds. The average Bonchev–Trinajstić information content (AvgIpc) is 2.57. The van der Waals surface area contributed by atoms with Gasteiger partial charge >= 0.3 is 0 Å². The number of nitrogens with zero attached hydrogens (tertiary/aromatic N) is 1. The summed E-state index contributed by atoms with van der Waals surface area (Å²) in [4.78, 5) is 2.26. The van der Waals surface area contributed by atoms with E-state index in [1.165, 1.54) is 6.42 Å². The van der Waals surface area contributed by atoms with Gasteiger partial charge in [-0.25, -0.2) is 0 Å². The third kappa shape index (κ3) is 1.29. The lowest BCUT2D eigenvalue weighted by atomic mass is 9.82. The molecule has 1 unspecified atom stereocenters. The fourth-order valence-corrected chi connectivity index (χ4v) is 3.03. The van der Waals surface area contributed by atoms with E-state index >= 15 is 0 Å². The smallest absolute Gasteiger partial charge is 0.270 e. The van der Waals surface area contributed by atoms with E-state index in [0.29, 0.717) is 24.5 Å². The van der Waals surface area contributed by atoms with Crippen molar-refractivity contribution in [3.05, 3.63) is 11.7 Å². The van der Waals surface area contributed by atoms with Crippen molar-refractivity contribution in [2.24, 2.45) is 5.92 Å². The van der Waals surface area contributed by atoms with E-state index in [9.17, 15) is 8.78 Å². The van der Waals surface area contributed by atoms with Crippen LogP contribution in [0.25, 0.3) is 0 Å². The van der Waals surface area contributed by atoms with Crippen LogP contribution in [-0.2, 0) is 0 Å². The Balaban J connectivity index is 2.28. The van der Waals surface area contributed by atoms with Crippen molar-refractivity contribution in [2.45, 2.75) is 38.6 Å². The summed E-state index contributed by atoms with van der Waals surface area (Å²) in [7, 11) is 0. The van der Waals surface area contributed by atoms with Gasteiger partial charge in [0, 0.05) is 17.7 Å². The molecule has 0 saturated carbocycles. The zero-order valence-corrected chi connectivity index (χ0v) is 8.82. The summed E-state index contributed by atoms with van der Waals surface area (Å²) in [6.45, 7) is 5.80. The predicted octanol–water partition coefficient (Wildman–Crippen LogP) is 3.03. The summed E-state index contributed by atoms with van der Waals surface area (Å²) < 4.78 is 25.1. The SMILES string of the molecule is CC(C)C12CCCN1CC(=C(F)F)C2. The Morgan fingerprint density at radius 1 is 1.43 bits per heavy atom. The van der Waals surface area contributed by atoms with Gasteiger partial charge in [-0.3, -0.25) is 4.90 Å². The molecule has 3 heteroatoms. The molecule has 2 heterocycles. The summed E-state index contributed by atoms with van der Waals surface area (Å²) in [5.74, 6) is 0.474. The van der Waals surface area contributed by atoms with Gasteiger partial charge in [0.25, 0.3) is 6.08 Å². The normalized spacial score (nSPS) is 32.8. The van der Waals surface area contributed by atoms with Crippen LogP contribution in [0.2, 0.25) is 0 Å². The highest BCUT2D eigenvalue weighted by Crippen LogP contribution is 2.46. The van der Waals surface area contributed by atoms with E-state index in [4.69, 9.17) is 0 Å². The molecule has 0 aromatic carbocycles. The van der Waals surface area contributed by atoms with Crippen molar-refractivity contribution < 1.29 is 8.78 Å². The van der Waals surface area contributed by atoms with E-state index in [-0.39, 0.29) is 5.54 Å². The first-order chi connectivity index (χ1) is 6.56. The van der Waals surface area contributed by atoms with Gasteiger partial charge in [-0.1, -0.05) is 13.8 Å². The van der Waals surface area contributed by atoms with Crippen LogP contribution in [0.15, 0.2) is 11.7 Å². The minimum Gasteiger partial charge on any atom is -0.293 e. The van der Waals surface area contributed by atoms with Gasteiger partial charge in [-0.2, -0.15) is 8.78 Å². The van der Waals surface area contributed by atoms with Gasteiger partial charge in [-0.05, 0) is 31.7 Å². The quantitative estimate of drug-likeness (QED) is 0.630. The van der Waals surface area contributed by atoms with Crippen molar-refractivity contribution in [2.75, 3.05) is 13.1 Å². The predicted molar refractivity (Wildman–Crippen MR) is 52.2 cm³/mol. The molecule has 0 bridgehead atoms. The molecule has 0 aromatic heterocycles. The Morgan fingerprint density at radius 2 is 2.14 bits per heavy atom. The van der Waals surface area contributed by atoms with Crippen molar-refractivity contribution in [1.29, 1.82) is 0 Å². The maximum atomic E-state index is 12.5. The van der Waals surface area contributed by atoms with E-state index in [0.717, 1.165) is 13.0 Å². The zero-order valence-electron chi connectivity index (χ0n) is 8.82. The second kappa shape index (κ2) is 3.30. The van der Waals surface area contributed by atoms with Crippen LogP contribution in [0.5, 0.6) is 0 Å². The molecule has 0 aliphatic carbocycles. The second-order valence-electron chi connectivity index (χ2n) is 4.82. The Kier molecular flexibility index (Phi) is 2.38. The monoisotopic (exact) mass is 201 g/mol. The van der Waals surface area contributed by atoms with Crippen LogP contribution < -0.4 is 0 Å². The van der Waals surface area contributed by atoms with Gasteiger partial charge in [-0.15, -0.1) is 0 Å². The van der Waals surface area contributed by atoms with Crippen molar-refractivity contribution in [3.8, 4) is 0 Å². The third-order valence-corrected chi connectivity index (χ3v) is 3.91. The number of hydrogen-bond donors (Lipinski definition) is 0. The number of fused-ring (bicyclic) bond motifs is 1. The molecule has 1 nitrogen and oxygen atoms in total. The fraction of sp³-hybridized carbons (Fsp3) is 0.818. The van der Waals surface area contributed by atoms with Crippen LogP contribution in [0.3, 0.4) is 0 Å². The van der Waals surface area contributed by atoms with Crippen LogP contribution in [0.1, 0.15) is 33.1 Å². The molecule has 14 heavy (non-hydrogen) atoms. The van der Waals surface area contributed by atoms with E-state index in [1.807, 2.05) is 0 Å². The zero-order chi connectivity index (χ0) is 10.3. The van der Waals surface area contributed by atoms with Crippen LogP contribution in [0, 0.1) is 5.92 Å². The molecule has 2 aliphatic heterocycles. The Hall–Kier alpha value is -0.440. The topological polar surface area (TPSA) is 3.24 Å². The average molecular weight is 201 g/mol. The van der Waals surface area contributed by atoms with Gasteiger partial charge in [0.2, 0.25) is 0 Å². The molecule has 2 aliphatic rings. The van der Waals surface area contributed by atoms with Crippen molar-refractivity contribution >= 4 is 0 Å². The van der Waals surface area contributed by atoms with Crippen LogP contribution >= 0.6 is 0 Å². The Labute approximate surface area is 83.8 Å². The molecular weight excluding hydrogens is 184 g/mol. The molecule has 0 radical (unpaired) electrons. The fourth-order valence-electron chi connectivity index (χ4n) is 3.03. The van der Waals surface area contributed by atoms with Crippen LogP contribution in [0.4, 0.5) is 8.78 Å². The standard InChI is InChI=1S/C11H17F2N/c1-8(2)11-4-3-5-14(11)7-9(6-11)10(12)13/h8H,3-7H2,1-2H3. The highest BCUT2D eigenvalue weighted by Gasteiger charge is 2.49. The maximum Gasteiger partial charge on any atom is 0.270 e. The van der Waals surface area contributed by atoms with Crippen molar-refractivity contribution in [1.82, 2.24) is 4.90 Å². The van der Waals surface area contributed by atoms with E-state index < -0.39 is 6.08 Å². The maximum absolute atomic E-state index is 12.5. The molecule has 2 saturated heterocycles. The summed E-state index contributed by atoms with van der Waals surface area (Å²) in [5, 5.41) is 0. The minimum atomic E-state index is -1.44. The first-order valence-electron chi connectivity index (χ1n) is 5.34. The highest BCUT2D eigenvalue weighted by molar-refractivity contribution is 5.21. The van der Waals surface area contributed by atoms with Gasteiger partial charge in [0.05, 0.1) is 0 Å². The molecule has 0 spiro atoms. The number of hydrogen-bond acceptors (Lipinski definition) is 1. The molecular formula is C11H17F2N. The molecule has 0 aromatic rings. The molecule has 2 rings (SSSR count). The lowest BCUT2D eigenvalue weighted by Crippen LogP contribution is -2.42. The summed E-state index contributed by atoms with van der Waals surface area (Å²) in [6, 6.07) is 0. The van der Waals surface area contributed by atoms with E-state index in [2.05, 4.69) is 18.7 Å². The second-order valence-corrected chi connectivity index (χ2v) is 4.82. The summed E-state index contributed by atoms with van der Waals surface area (Å²) in [6.07, 6.45) is 1.40. The van der Waals surface area contributed by atoms with Crippen molar-refractivity contribution in [3.63, 3.8) is 0 Å². The summed E-state index contributed by atoms with van der Waals surface area (Å²) >= 11 is 0. The largest absolute Gasteiger partial charge is 0.293 e. The van der Waals surface area contributed by atoms with Gasteiger partial charge in [0.15, 0.2) is 0 Å². The first kappa shape index (κ1) is 10.1. The number of halogens is 2. The van der Waals surface area contributed by atoms with Gasteiger partial charge < -0.3 is 0 Å². The molecule has 1 atom stereocenters. The molecule has 2 fully saturated rings. The number of rotatable bonds is 1.